The Morgan fingerprint density at radius 1 is 1.43 bits per heavy atom. The fraction of sp³-hybridized carbons (Fsp3) is 0.308. The third-order valence-corrected chi connectivity index (χ3v) is 5.81. The molecule has 2 rings (SSSR count). The molecular formula is C13H14BrClN2O2S2. The number of rotatable bonds is 6. The zero-order valence-corrected chi connectivity index (χ0v) is 15.2. The van der Waals surface area contributed by atoms with Crippen molar-refractivity contribution in [1.82, 2.24) is 4.98 Å². The minimum Gasteiger partial charge on any atom is -0.258 e. The zero-order chi connectivity index (χ0) is 15.5. The summed E-state index contributed by atoms with van der Waals surface area (Å²) in [5.41, 5.74) is 2.34. The number of sulfonamides is 1. The first-order valence-corrected chi connectivity index (χ1v) is 10.2. The van der Waals surface area contributed by atoms with Crippen molar-refractivity contribution in [1.29, 1.82) is 0 Å². The largest absolute Gasteiger partial charge is 0.258 e. The molecule has 1 aromatic carbocycles. The first-order valence-electron chi connectivity index (χ1n) is 6.16. The quantitative estimate of drug-likeness (QED) is 0.734. The molecule has 114 valence electrons. The van der Waals surface area contributed by atoms with E-state index >= 15 is 0 Å². The van der Waals surface area contributed by atoms with Crippen molar-refractivity contribution in [2.24, 2.45) is 0 Å². The molecule has 0 saturated carbocycles. The average molecular weight is 410 g/mol. The number of anilines is 1. The monoisotopic (exact) mass is 408 g/mol. The normalized spacial score (nSPS) is 11.6. The van der Waals surface area contributed by atoms with Crippen LogP contribution < -0.4 is 4.72 Å². The fourth-order valence-corrected chi connectivity index (χ4v) is 4.62. The third-order valence-electron chi connectivity index (χ3n) is 2.87. The van der Waals surface area contributed by atoms with Gasteiger partial charge in [-0.3, -0.25) is 4.72 Å². The molecule has 0 amide bonds. The van der Waals surface area contributed by atoms with Gasteiger partial charge in [-0.15, -0.1) is 11.3 Å². The highest BCUT2D eigenvalue weighted by atomic mass is 79.9. The molecule has 0 unspecified atom stereocenters. The van der Waals surface area contributed by atoms with Crippen LogP contribution in [0, 0.1) is 6.92 Å². The molecule has 1 aromatic heterocycles. The Hall–Kier alpha value is -0.630. The summed E-state index contributed by atoms with van der Waals surface area (Å²) in [5.74, 6) is -0.118. The summed E-state index contributed by atoms with van der Waals surface area (Å²) >= 11 is 10.6. The van der Waals surface area contributed by atoms with Gasteiger partial charge >= 0.3 is 0 Å². The first kappa shape index (κ1) is 16.7. The highest BCUT2D eigenvalue weighted by Crippen LogP contribution is 2.23. The second-order valence-electron chi connectivity index (χ2n) is 4.47. The maximum absolute atomic E-state index is 12.2. The van der Waals surface area contributed by atoms with Gasteiger partial charge in [-0.1, -0.05) is 39.7 Å². The number of alkyl halides is 1. The zero-order valence-electron chi connectivity index (χ0n) is 11.3. The van der Waals surface area contributed by atoms with Gasteiger partial charge in [0.25, 0.3) is 0 Å². The van der Waals surface area contributed by atoms with Gasteiger partial charge in [0.2, 0.25) is 10.0 Å². The van der Waals surface area contributed by atoms with Gasteiger partial charge in [0.05, 0.1) is 11.4 Å². The molecular weight excluding hydrogens is 396 g/mol. The molecule has 0 spiro atoms. The van der Waals surface area contributed by atoms with Crippen molar-refractivity contribution in [2.75, 3.05) is 10.1 Å². The van der Waals surface area contributed by atoms with Crippen LogP contribution in [0.3, 0.4) is 0 Å². The van der Waals surface area contributed by atoms with Crippen LogP contribution in [0.15, 0.2) is 23.6 Å². The number of halogens is 2. The van der Waals surface area contributed by atoms with Crippen molar-refractivity contribution in [3.8, 4) is 0 Å². The molecule has 2 aromatic rings. The Labute approximate surface area is 141 Å². The van der Waals surface area contributed by atoms with Crippen LogP contribution in [-0.4, -0.2) is 18.7 Å². The standard InChI is InChI=1S/C13H14BrClN2O2S2/c1-9-10(3-2-4-12(9)15)8-21(18,19)17-13-16-11(5-6-14)7-20-13/h2-4,7H,5-6,8H2,1H3,(H,16,17). The molecule has 4 nitrogen and oxygen atoms in total. The van der Waals surface area contributed by atoms with E-state index in [-0.39, 0.29) is 5.75 Å². The van der Waals surface area contributed by atoms with E-state index in [2.05, 4.69) is 25.6 Å². The van der Waals surface area contributed by atoms with Crippen molar-refractivity contribution in [2.45, 2.75) is 19.1 Å². The lowest BCUT2D eigenvalue weighted by molar-refractivity contribution is 0.600. The van der Waals surface area contributed by atoms with Crippen molar-refractivity contribution < 1.29 is 8.42 Å². The van der Waals surface area contributed by atoms with Crippen molar-refractivity contribution >= 4 is 54.0 Å². The van der Waals surface area contributed by atoms with Crippen LogP contribution in [0.5, 0.6) is 0 Å². The topological polar surface area (TPSA) is 59.1 Å². The average Bonchev–Trinajstić information content (AvgIpc) is 2.82. The number of aryl methyl sites for hydroxylation is 1. The number of hydrogen-bond donors (Lipinski definition) is 1. The lowest BCUT2D eigenvalue weighted by atomic mass is 10.1. The third kappa shape index (κ3) is 4.67. The molecule has 0 fully saturated rings. The molecule has 0 radical (unpaired) electrons. The van der Waals surface area contributed by atoms with Crippen molar-refractivity contribution in [3.63, 3.8) is 0 Å². The number of hydrogen-bond acceptors (Lipinski definition) is 4. The number of aromatic nitrogens is 1. The van der Waals surface area contributed by atoms with E-state index in [9.17, 15) is 8.42 Å². The summed E-state index contributed by atoms with van der Waals surface area (Å²) in [4.78, 5) is 4.24. The molecule has 0 bridgehead atoms. The molecule has 0 aliphatic heterocycles. The Kier molecular flexibility index (Phi) is 5.65. The lowest BCUT2D eigenvalue weighted by Crippen LogP contribution is -2.15. The second-order valence-corrected chi connectivity index (χ2v) is 8.25. The van der Waals surface area contributed by atoms with E-state index in [0.29, 0.717) is 15.7 Å². The summed E-state index contributed by atoms with van der Waals surface area (Å²) in [6.45, 7) is 1.81. The highest BCUT2D eigenvalue weighted by molar-refractivity contribution is 9.09. The summed E-state index contributed by atoms with van der Waals surface area (Å²) in [5, 5.41) is 3.61. The predicted octanol–water partition coefficient (Wildman–Crippen LogP) is 3.98. The predicted molar refractivity (Wildman–Crippen MR) is 92.0 cm³/mol. The van der Waals surface area contributed by atoms with Crippen LogP contribution in [0.25, 0.3) is 0 Å². The number of benzene rings is 1. The van der Waals surface area contributed by atoms with Gasteiger partial charge in [-0.25, -0.2) is 13.4 Å². The second kappa shape index (κ2) is 7.09. The number of nitrogens with one attached hydrogen (secondary N) is 1. The molecule has 1 heterocycles. The molecule has 0 aliphatic rings. The van der Waals surface area contributed by atoms with Gasteiger partial charge in [0.1, 0.15) is 0 Å². The van der Waals surface area contributed by atoms with Gasteiger partial charge in [0, 0.05) is 22.2 Å². The Morgan fingerprint density at radius 2 is 2.19 bits per heavy atom. The van der Waals surface area contributed by atoms with Crippen molar-refractivity contribution in [3.05, 3.63) is 45.4 Å². The highest BCUT2D eigenvalue weighted by Gasteiger charge is 2.16. The van der Waals surface area contributed by atoms with Crippen LogP contribution in [0.2, 0.25) is 5.02 Å². The van der Waals surface area contributed by atoms with Gasteiger partial charge in [0.15, 0.2) is 5.13 Å². The van der Waals surface area contributed by atoms with E-state index in [0.717, 1.165) is 23.0 Å². The lowest BCUT2D eigenvalue weighted by Gasteiger charge is -2.09. The number of nitrogens with zero attached hydrogens (tertiary/aromatic N) is 1. The minimum atomic E-state index is -3.50. The summed E-state index contributed by atoms with van der Waals surface area (Å²) in [6.07, 6.45) is 0.769. The van der Waals surface area contributed by atoms with Crippen LogP contribution in [0.4, 0.5) is 5.13 Å². The van der Waals surface area contributed by atoms with Gasteiger partial charge in [-0.2, -0.15) is 0 Å². The fourth-order valence-electron chi connectivity index (χ4n) is 1.75. The Balaban J connectivity index is 2.12. The maximum atomic E-state index is 12.2. The molecule has 8 heteroatoms. The molecule has 21 heavy (non-hydrogen) atoms. The van der Waals surface area contributed by atoms with Crippen LogP contribution >= 0.6 is 38.9 Å². The van der Waals surface area contributed by atoms with Gasteiger partial charge in [-0.05, 0) is 24.1 Å². The smallest absolute Gasteiger partial charge is 0.238 e. The van der Waals surface area contributed by atoms with E-state index < -0.39 is 10.0 Å². The summed E-state index contributed by atoms with van der Waals surface area (Å²) < 4.78 is 26.9. The van der Waals surface area contributed by atoms with Gasteiger partial charge < -0.3 is 0 Å². The SMILES string of the molecule is Cc1c(Cl)cccc1CS(=O)(=O)Nc1nc(CCBr)cs1. The molecule has 0 aliphatic carbocycles. The Morgan fingerprint density at radius 3 is 2.90 bits per heavy atom. The van der Waals surface area contributed by atoms with E-state index in [1.54, 1.807) is 18.2 Å². The molecule has 1 N–H and O–H groups in total. The summed E-state index contributed by atoms with van der Waals surface area (Å²) in [6, 6.07) is 5.25. The van der Waals surface area contributed by atoms with E-state index in [1.807, 2.05) is 12.3 Å². The molecule has 0 atom stereocenters. The minimum absolute atomic E-state index is 0.118. The van der Waals surface area contributed by atoms with Crippen LogP contribution in [-0.2, 0) is 22.2 Å². The maximum Gasteiger partial charge on any atom is 0.238 e. The van der Waals surface area contributed by atoms with E-state index in [1.165, 1.54) is 11.3 Å². The first-order chi connectivity index (χ1) is 9.91. The Bertz CT molecular complexity index is 732. The summed E-state index contributed by atoms with van der Waals surface area (Å²) in [7, 11) is -3.50. The van der Waals surface area contributed by atoms with E-state index in [4.69, 9.17) is 11.6 Å². The molecule has 0 saturated heterocycles. The van der Waals surface area contributed by atoms with Crippen LogP contribution in [0.1, 0.15) is 16.8 Å². The number of thiazole rings is 1.